The molecule has 21 heavy (non-hydrogen) atoms. The van der Waals surface area contributed by atoms with E-state index in [4.69, 9.17) is 18.9 Å². The van der Waals surface area contributed by atoms with Gasteiger partial charge in [0.2, 0.25) is 0 Å². The maximum absolute atomic E-state index is 14.1. The number of carbonyl (C=O) groups excluding carboxylic acids is 3. The molecule has 0 amide bonds. The Morgan fingerprint density at radius 3 is 2.05 bits per heavy atom. The highest BCUT2D eigenvalue weighted by molar-refractivity contribution is 9.09. The molecule has 7 nitrogen and oxygen atoms in total. The van der Waals surface area contributed by atoms with Gasteiger partial charge >= 0.3 is 17.9 Å². The topological polar surface area (TPSA) is 88.1 Å². The van der Waals surface area contributed by atoms with Crippen molar-refractivity contribution in [2.24, 2.45) is 0 Å². The van der Waals surface area contributed by atoms with Gasteiger partial charge in [-0.3, -0.25) is 14.4 Å². The molecular weight excluding hydrogens is 355 g/mol. The highest BCUT2D eigenvalue weighted by atomic mass is 79.9. The standard InChI is InChI=1S/C12H16BrFO7/c1-5(15)18-4-8-10(19-6(2)16)11(20-7(3)17)9(14)12(13)21-8/h8-12H,4H2,1-3H3/t8-,9-,10-,11-,12+/m1/s1. The Morgan fingerprint density at radius 2 is 1.57 bits per heavy atom. The number of halogens is 2. The molecule has 1 fully saturated rings. The first-order valence-electron chi connectivity index (χ1n) is 6.13. The predicted molar refractivity (Wildman–Crippen MR) is 70.2 cm³/mol. The Kier molecular flexibility index (Phi) is 6.53. The molecule has 0 spiro atoms. The zero-order valence-electron chi connectivity index (χ0n) is 11.7. The molecule has 0 saturated carbocycles. The lowest BCUT2D eigenvalue weighted by Crippen LogP contribution is -2.58. The largest absolute Gasteiger partial charge is 0.463 e. The van der Waals surface area contributed by atoms with Gasteiger partial charge in [-0.2, -0.15) is 0 Å². The van der Waals surface area contributed by atoms with Crippen molar-refractivity contribution in [2.45, 2.75) is 50.3 Å². The van der Waals surface area contributed by atoms with E-state index >= 15 is 0 Å². The number of alkyl halides is 2. The molecule has 120 valence electrons. The summed E-state index contributed by atoms with van der Waals surface area (Å²) in [6.07, 6.45) is -5.27. The second kappa shape index (κ2) is 7.69. The first-order valence-corrected chi connectivity index (χ1v) is 7.05. The summed E-state index contributed by atoms with van der Waals surface area (Å²) in [5, 5.41) is -1.09. The van der Waals surface area contributed by atoms with Crippen LogP contribution >= 0.6 is 15.9 Å². The molecule has 1 heterocycles. The number of hydrogen-bond acceptors (Lipinski definition) is 7. The lowest BCUT2D eigenvalue weighted by Gasteiger charge is -2.40. The average molecular weight is 371 g/mol. The van der Waals surface area contributed by atoms with Gasteiger partial charge in [0.1, 0.15) is 17.7 Å². The summed E-state index contributed by atoms with van der Waals surface area (Å²) in [6, 6.07) is 0. The van der Waals surface area contributed by atoms with E-state index in [1.54, 1.807) is 0 Å². The van der Waals surface area contributed by atoms with Gasteiger partial charge in [-0.1, -0.05) is 15.9 Å². The van der Waals surface area contributed by atoms with E-state index in [0.717, 1.165) is 13.8 Å². The molecule has 0 N–H and O–H groups in total. The van der Waals surface area contributed by atoms with Gasteiger partial charge in [0.25, 0.3) is 0 Å². The van der Waals surface area contributed by atoms with Crippen LogP contribution in [-0.4, -0.2) is 54.0 Å². The van der Waals surface area contributed by atoms with Crippen molar-refractivity contribution in [3.05, 3.63) is 0 Å². The van der Waals surface area contributed by atoms with E-state index in [0.29, 0.717) is 0 Å². The van der Waals surface area contributed by atoms with Crippen molar-refractivity contribution in [3.8, 4) is 0 Å². The summed E-state index contributed by atoms with van der Waals surface area (Å²) in [4.78, 5) is 33.1. The summed E-state index contributed by atoms with van der Waals surface area (Å²) in [6.45, 7) is 3.16. The molecule has 5 atom stereocenters. The average Bonchev–Trinajstić information content (AvgIpc) is 2.35. The molecule has 0 aromatic heterocycles. The Balaban J connectivity index is 2.94. The lowest BCUT2D eigenvalue weighted by atomic mass is 10.0. The number of ether oxygens (including phenoxy) is 4. The van der Waals surface area contributed by atoms with Gasteiger partial charge < -0.3 is 18.9 Å². The maximum Gasteiger partial charge on any atom is 0.303 e. The van der Waals surface area contributed by atoms with E-state index in [1.807, 2.05) is 0 Å². The fourth-order valence-corrected chi connectivity index (χ4v) is 2.43. The van der Waals surface area contributed by atoms with Gasteiger partial charge in [-0.15, -0.1) is 0 Å². The zero-order valence-corrected chi connectivity index (χ0v) is 13.3. The van der Waals surface area contributed by atoms with Crippen molar-refractivity contribution in [1.82, 2.24) is 0 Å². The van der Waals surface area contributed by atoms with E-state index in [9.17, 15) is 18.8 Å². The van der Waals surface area contributed by atoms with Crippen LogP contribution in [0.3, 0.4) is 0 Å². The van der Waals surface area contributed by atoms with Crippen LogP contribution in [0.15, 0.2) is 0 Å². The van der Waals surface area contributed by atoms with Crippen molar-refractivity contribution < 1.29 is 37.7 Å². The summed E-state index contributed by atoms with van der Waals surface area (Å²) in [7, 11) is 0. The van der Waals surface area contributed by atoms with Gasteiger partial charge in [0, 0.05) is 20.8 Å². The van der Waals surface area contributed by atoms with Gasteiger partial charge in [-0.25, -0.2) is 4.39 Å². The first-order chi connectivity index (χ1) is 9.72. The molecule has 1 rings (SSSR count). The number of esters is 3. The number of carbonyl (C=O) groups is 3. The Labute approximate surface area is 129 Å². The van der Waals surface area contributed by atoms with Crippen LogP contribution in [-0.2, 0) is 33.3 Å². The fourth-order valence-electron chi connectivity index (χ4n) is 1.85. The second-order valence-corrected chi connectivity index (χ2v) is 5.32. The van der Waals surface area contributed by atoms with Crippen molar-refractivity contribution in [1.29, 1.82) is 0 Å². The summed E-state index contributed by atoms with van der Waals surface area (Å²) < 4.78 is 34.0. The Bertz CT molecular complexity index is 416. The van der Waals surface area contributed by atoms with E-state index in [1.165, 1.54) is 6.92 Å². The van der Waals surface area contributed by atoms with Crippen LogP contribution < -0.4 is 0 Å². The third kappa shape index (κ3) is 5.24. The van der Waals surface area contributed by atoms with Crippen molar-refractivity contribution >= 4 is 33.8 Å². The Morgan fingerprint density at radius 1 is 1.05 bits per heavy atom. The fraction of sp³-hybridized carbons (Fsp3) is 0.750. The normalized spacial score (nSPS) is 32.1. The minimum Gasteiger partial charge on any atom is -0.463 e. The van der Waals surface area contributed by atoms with Crippen LogP contribution in [0.1, 0.15) is 20.8 Å². The summed E-state index contributed by atoms with van der Waals surface area (Å²) in [5.41, 5.74) is 0. The van der Waals surface area contributed by atoms with Crippen LogP contribution in [0.25, 0.3) is 0 Å². The molecule has 0 bridgehead atoms. The molecule has 0 unspecified atom stereocenters. The van der Waals surface area contributed by atoms with Crippen molar-refractivity contribution in [3.63, 3.8) is 0 Å². The highest BCUT2D eigenvalue weighted by Gasteiger charge is 2.50. The van der Waals surface area contributed by atoms with E-state index < -0.39 is 47.4 Å². The smallest absolute Gasteiger partial charge is 0.303 e. The third-order valence-corrected chi connectivity index (χ3v) is 3.34. The summed E-state index contributed by atoms with van der Waals surface area (Å²) >= 11 is 2.96. The van der Waals surface area contributed by atoms with Crippen LogP contribution in [0, 0.1) is 0 Å². The molecule has 1 saturated heterocycles. The third-order valence-electron chi connectivity index (χ3n) is 2.61. The van der Waals surface area contributed by atoms with Gasteiger partial charge in [-0.05, 0) is 0 Å². The number of hydrogen-bond donors (Lipinski definition) is 0. The Hall–Kier alpha value is -1.22. The molecule has 0 aromatic rings. The van der Waals surface area contributed by atoms with Crippen LogP contribution in [0.2, 0.25) is 0 Å². The predicted octanol–water partition coefficient (Wildman–Crippen LogP) is 0.871. The quantitative estimate of drug-likeness (QED) is 0.412. The summed E-state index contributed by atoms with van der Waals surface area (Å²) in [5.74, 6) is -2.00. The molecule has 0 aromatic carbocycles. The van der Waals surface area contributed by atoms with Crippen LogP contribution in [0.5, 0.6) is 0 Å². The molecular formula is C12H16BrFO7. The van der Waals surface area contributed by atoms with Crippen molar-refractivity contribution in [2.75, 3.05) is 6.61 Å². The van der Waals surface area contributed by atoms with Crippen LogP contribution in [0.4, 0.5) is 4.39 Å². The molecule has 0 aliphatic carbocycles. The zero-order chi connectivity index (χ0) is 16.2. The maximum atomic E-state index is 14.1. The minimum atomic E-state index is -1.74. The molecule has 0 radical (unpaired) electrons. The second-order valence-electron chi connectivity index (χ2n) is 4.42. The molecule has 9 heteroatoms. The van der Waals surface area contributed by atoms with Gasteiger partial charge in [0.05, 0.1) is 0 Å². The highest BCUT2D eigenvalue weighted by Crippen LogP contribution is 2.31. The minimum absolute atomic E-state index is 0.264. The van der Waals surface area contributed by atoms with E-state index in [-0.39, 0.29) is 6.61 Å². The van der Waals surface area contributed by atoms with E-state index in [2.05, 4.69) is 15.9 Å². The lowest BCUT2D eigenvalue weighted by molar-refractivity contribution is -0.220. The first kappa shape index (κ1) is 17.8. The number of rotatable bonds is 4. The SMILES string of the molecule is CC(=O)OC[C@H]1O[C@H](Br)[C@H](F)[C@@H](OC(C)=O)[C@@H]1OC(C)=O. The monoisotopic (exact) mass is 370 g/mol. The molecule has 1 aliphatic heterocycles. The molecule has 1 aliphatic rings. The van der Waals surface area contributed by atoms with Gasteiger partial charge in [0.15, 0.2) is 18.4 Å².